The van der Waals surface area contributed by atoms with Crippen molar-refractivity contribution in [2.45, 2.75) is 20.0 Å². The molecule has 1 unspecified atom stereocenters. The number of nitro groups is 2. The molecule has 0 saturated carbocycles. The molecule has 168 valence electrons. The van der Waals surface area contributed by atoms with E-state index in [0.717, 1.165) is 0 Å². The highest BCUT2D eigenvalue weighted by atomic mass is 16.6. The number of aliphatic hydroxyl groups is 1. The van der Waals surface area contributed by atoms with Crippen LogP contribution in [0.25, 0.3) is 0 Å². The first-order chi connectivity index (χ1) is 15.7. The highest BCUT2D eigenvalue weighted by molar-refractivity contribution is 5.66. The Balaban J connectivity index is 1.91. The van der Waals surface area contributed by atoms with Crippen molar-refractivity contribution in [2.24, 2.45) is 0 Å². The number of aromatic nitrogens is 1. The molecule has 1 heterocycles. The number of pyridine rings is 1. The van der Waals surface area contributed by atoms with Crippen molar-refractivity contribution in [3.63, 3.8) is 0 Å². The molecule has 0 spiro atoms. The Morgan fingerprint density at radius 2 is 1.76 bits per heavy atom. The third-order valence-electron chi connectivity index (χ3n) is 4.72. The van der Waals surface area contributed by atoms with Crippen LogP contribution in [-0.2, 0) is 0 Å². The van der Waals surface area contributed by atoms with Crippen molar-refractivity contribution in [3.8, 4) is 17.7 Å². The van der Waals surface area contributed by atoms with Gasteiger partial charge >= 0.3 is 5.69 Å². The minimum absolute atomic E-state index is 0.0458. The maximum absolute atomic E-state index is 11.4. The smallest absolute Gasteiger partial charge is 0.311 e. The van der Waals surface area contributed by atoms with Crippen molar-refractivity contribution < 1.29 is 19.7 Å². The summed E-state index contributed by atoms with van der Waals surface area (Å²) >= 11 is 0. The molecule has 0 fully saturated rings. The average molecular weight is 449 g/mol. The quantitative estimate of drug-likeness (QED) is 0.376. The molecule has 2 N–H and O–H groups in total. The highest BCUT2D eigenvalue weighted by Gasteiger charge is 2.20. The van der Waals surface area contributed by atoms with E-state index in [1.54, 1.807) is 50.2 Å². The zero-order valence-electron chi connectivity index (χ0n) is 17.7. The summed E-state index contributed by atoms with van der Waals surface area (Å²) in [6, 6.07) is 14.1. The van der Waals surface area contributed by atoms with Gasteiger partial charge in [-0.15, -0.1) is 0 Å². The zero-order chi connectivity index (χ0) is 24.1. The number of ether oxygens (including phenoxy) is 1. The summed E-state index contributed by atoms with van der Waals surface area (Å²) < 4.78 is 5.87. The second-order valence-electron chi connectivity index (χ2n) is 7.21. The van der Waals surface area contributed by atoms with Gasteiger partial charge in [0.2, 0.25) is 18.2 Å². The number of hydrogen-bond acceptors (Lipinski definition) is 9. The van der Waals surface area contributed by atoms with E-state index in [9.17, 15) is 25.3 Å². The first kappa shape index (κ1) is 23.1. The van der Waals surface area contributed by atoms with Crippen molar-refractivity contribution in [3.05, 3.63) is 91.0 Å². The number of aryl methyl sites for hydroxylation is 2. The van der Waals surface area contributed by atoms with Gasteiger partial charge in [-0.05, 0) is 66.9 Å². The predicted molar refractivity (Wildman–Crippen MR) is 118 cm³/mol. The fraction of sp³-hybridized carbons (Fsp3) is 0.182. The summed E-state index contributed by atoms with van der Waals surface area (Å²) in [7, 11) is 0. The van der Waals surface area contributed by atoms with Gasteiger partial charge in [0.05, 0.1) is 16.6 Å². The molecule has 3 rings (SSSR count). The number of benzene rings is 2. The Hall–Kier alpha value is -4.56. The van der Waals surface area contributed by atoms with E-state index in [4.69, 9.17) is 10.00 Å². The summed E-state index contributed by atoms with van der Waals surface area (Å²) in [6.45, 7) is 2.81. The fourth-order valence-electron chi connectivity index (χ4n) is 3.18. The van der Waals surface area contributed by atoms with Gasteiger partial charge in [-0.3, -0.25) is 20.2 Å². The topological polar surface area (TPSA) is 164 Å². The van der Waals surface area contributed by atoms with Gasteiger partial charge in [-0.2, -0.15) is 10.2 Å². The fourth-order valence-corrected chi connectivity index (χ4v) is 3.18. The summed E-state index contributed by atoms with van der Waals surface area (Å²) in [5.41, 5.74) is 2.27. The number of nitriles is 1. The number of nitrogens with one attached hydrogen (secondary N) is 1. The van der Waals surface area contributed by atoms with Crippen LogP contribution in [-0.4, -0.2) is 26.5 Å². The van der Waals surface area contributed by atoms with Gasteiger partial charge in [-0.25, -0.2) is 0 Å². The molecule has 0 bridgehead atoms. The lowest BCUT2D eigenvalue weighted by molar-refractivity contribution is -0.491. The van der Waals surface area contributed by atoms with Crippen LogP contribution in [0, 0.1) is 45.4 Å². The Bertz CT molecular complexity index is 1230. The summed E-state index contributed by atoms with van der Waals surface area (Å²) in [6.07, 6.45) is -1.26. The lowest BCUT2D eigenvalue weighted by atomic mass is 10.0. The minimum Gasteiger partial charge on any atom is -0.438 e. The van der Waals surface area contributed by atoms with Crippen LogP contribution in [0.2, 0.25) is 0 Å². The molecule has 0 aliphatic heterocycles. The number of aliphatic hydroxyl groups excluding tert-OH is 1. The molecular formula is C22H19N5O6. The first-order valence-corrected chi connectivity index (χ1v) is 9.69. The summed E-state index contributed by atoms with van der Waals surface area (Å²) in [4.78, 5) is 25.2. The molecule has 11 heteroatoms. The van der Waals surface area contributed by atoms with Crippen molar-refractivity contribution >= 4 is 17.2 Å². The molecule has 0 aliphatic rings. The van der Waals surface area contributed by atoms with E-state index in [1.165, 1.54) is 12.1 Å². The van der Waals surface area contributed by atoms with Crippen molar-refractivity contribution in [1.29, 1.82) is 5.26 Å². The molecule has 0 radical (unpaired) electrons. The largest absolute Gasteiger partial charge is 0.438 e. The monoisotopic (exact) mass is 449 g/mol. The lowest BCUT2D eigenvalue weighted by Gasteiger charge is -2.15. The van der Waals surface area contributed by atoms with E-state index in [1.807, 2.05) is 6.07 Å². The lowest BCUT2D eigenvalue weighted by Crippen LogP contribution is -2.12. The van der Waals surface area contributed by atoms with Crippen LogP contribution in [0.15, 0.2) is 48.5 Å². The molecule has 1 aromatic heterocycles. The minimum atomic E-state index is -1.26. The molecule has 33 heavy (non-hydrogen) atoms. The van der Waals surface area contributed by atoms with Gasteiger partial charge in [0, 0.05) is 22.7 Å². The van der Waals surface area contributed by atoms with E-state index < -0.39 is 22.5 Å². The third kappa shape index (κ3) is 5.57. The van der Waals surface area contributed by atoms with Gasteiger partial charge < -0.3 is 15.2 Å². The van der Waals surface area contributed by atoms with E-state index in [0.29, 0.717) is 33.7 Å². The van der Waals surface area contributed by atoms with E-state index >= 15 is 0 Å². The molecule has 1 atom stereocenters. The van der Waals surface area contributed by atoms with Crippen LogP contribution in [0.1, 0.15) is 28.4 Å². The molecule has 3 aromatic rings. The van der Waals surface area contributed by atoms with Crippen LogP contribution >= 0.6 is 0 Å². The van der Waals surface area contributed by atoms with Crippen molar-refractivity contribution in [1.82, 2.24) is 4.98 Å². The average Bonchev–Trinajstić information content (AvgIpc) is 2.76. The molecule has 11 nitrogen and oxygen atoms in total. The molecule has 0 saturated heterocycles. The Kier molecular flexibility index (Phi) is 6.80. The Labute approximate surface area is 188 Å². The van der Waals surface area contributed by atoms with Gasteiger partial charge in [0.15, 0.2) is 0 Å². The Morgan fingerprint density at radius 1 is 1.12 bits per heavy atom. The van der Waals surface area contributed by atoms with Crippen LogP contribution in [0.5, 0.6) is 11.6 Å². The second kappa shape index (κ2) is 9.71. The molecule has 0 aliphatic carbocycles. The van der Waals surface area contributed by atoms with Crippen LogP contribution in [0.4, 0.5) is 17.2 Å². The SMILES string of the molecule is Cc1cc(C(O)C[N+](=O)[O-])cc(C)c1Oc1ccc([N+](=O)[O-])c(Nc2ccc(C#N)cc2)n1. The van der Waals surface area contributed by atoms with Gasteiger partial charge in [0.25, 0.3) is 0 Å². The number of anilines is 2. The number of hydrogen-bond donors (Lipinski definition) is 2. The number of nitrogens with zero attached hydrogens (tertiary/aromatic N) is 4. The van der Waals surface area contributed by atoms with Crippen molar-refractivity contribution in [2.75, 3.05) is 11.9 Å². The maximum Gasteiger partial charge on any atom is 0.311 e. The highest BCUT2D eigenvalue weighted by Crippen LogP contribution is 2.34. The van der Waals surface area contributed by atoms with Gasteiger partial charge in [0.1, 0.15) is 11.9 Å². The number of rotatable bonds is 8. The van der Waals surface area contributed by atoms with Gasteiger partial charge in [-0.1, -0.05) is 0 Å². The summed E-state index contributed by atoms with van der Waals surface area (Å²) in [5.74, 6) is 0.454. The zero-order valence-corrected chi connectivity index (χ0v) is 17.7. The normalized spacial score (nSPS) is 11.3. The van der Waals surface area contributed by atoms with Crippen LogP contribution in [0.3, 0.4) is 0 Å². The summed E-state index contributed by atoms with van der Waals surface area (Å²) in [5, 5.41) is 43.9. The first-order valence-electron chi connectivity index (χ1n) is 9.69. The Morgan fingerprint density at radius 3 is 2.30 bits per heavy atom. The molecular weight excluding hydrogens is 430 g/mol. The molecule has 0 amide bonds. The maximum atomic E-state index is 11.4. The van der Waals surface area contributed by atoms with E-state index in [2.05, 4.69) is 10.3 Å². The van der Waals surface area contributed by atoms with Crippen LogP contribution < -0.4 is 10.1 Å². The second-order valence-corrected chi connectivity index (χ2v) is 7.21. The van der Waals surface area contributed by atoms with E-state index in [-0.39, 0.29) is 17.4 Å². The molecule has 2 aromatic carbocycles. The third-order valence-corrected chi connectivity index (χ3v) is 4.72. The standard InChI is InChI=1S/C22H19N5O6/c1-13-9-16(19(28)12-26(29)30)10-14(2)21(13)33-20-8-7-18(27(31)32)22(25-20)24-17-5-3-15(11-23)4-6-17/h3-10,19,28H,12H2,1-2H3,(H,24,25). The predicted octanol–water partition coefficient (Wildman–Crippen LogP) is 4.32.